The summed E-state index contributed by atoms with van der Waals surface area (Å²) >= 11 is 0. The maximum Gasteiger partial charge on any atom is 0.0757 e. The lowest BCUT2D eigenvalue weighted by Gasteiger charge is -2.11. The van der Waals surface area contributed by atoms with E-state index in [0.29, 0.717) is 0 Å². The van der Waals surface area contributed by atoms with Gasteiger partial charge in [0.25, 0.3) is 0 Å². The molecule has 84 valence electrons. The van der Waals surface area contributed by atoms with Crippen LogP contribution >= 0.6 is 0 Å². The minimum atomic E-state index is 0.263. The van der Waals surface area contributed by atoms with Crippen LogP contribution in [0.2, 0.25) is 0 Å². The van der Waals surface area contributed by atoms with E-state index < -0.39 is 0 Å². The molecule has 0 amide bonds. The van der Waals surface area contributed by atoms with Gasteiger partial charge >= 0.3 is 0 Å². The lowest BCUT2D eigenvalue weighted by molar-refractivity contribution is 0.547. The number of rotatable bonds is 4. The van der Waals surface area contributed by atoms with Gasteiger partial charge in [0.05, 0.1) is 18.4 Å². The third kappa shape index (κ3) is 2.28. The van der Waals surface area contributed by atoms with E-state index in [4.69, 9.17) is 0 Å². The van der Waals surface area contributed by atoms with Gasteiger partial charge in [0, 0.05) is 6.04 Å². The standard InChI is InChI=1S/C12H16N4/c1-10(13-2)12-8-14-15-16(12)9-11-6-4-3-5-7-11/h3-8,10,13H,9H2,1-2H3. The fourth-order valence-corrected chi connectivity index (χ4v) is 1.63. The van der Waals surface area contributed by atoms with E-state index >= 15 is 0 Å². The van der Waals surface area contributed by atoms with Gasteiger partial charge in [-0.3, -0.25) is 0 Å². The number of hydrogen-bond donors (Lipinski definition) is 1. The van der Waals surface area contributed by atoms with Gasteiger partial charge in [-0.05, 0) is 19.5 Å². The molecule has 0 aliphatic carbocycles. The highest BCUT2D eigenvalue weighted by Crippen LogP contribution is 2.11. The summed E-state index contributed by atoms with van der Waals surface area (Å²) in [5, 5.41) is 11.3. The fourth-order valence-electron chi connectivity index (χ4n) is 1.63. The molecule has 0 bridgehead atoms. The quantitative estimate of drug-likeness (QED) is 0.844. The first-order chi connectivity index (χ1) is 7.81. The van der Waals surface area contributed by atoms with Crippen LogP contribution in [-0.2, 0) is 6.54 Å². The van der Waals surface area contributed by atoms with Crippen molar-refractivity contribution in [2.75, 3.05) is 7.05 Å². The fraction of sp³-hybridized carbons (Fsp3) is 0.333. The van der Waals surface area contributed by atoms with Crippen LogP contribution in [0.15, 0.2) is 36.5 Å². The average Bonchev–Trinajstić information content (AvgIpc) is 2.77. The lowest BCUT2D eigenvalue weighted by atomic mass is 10.2. The predicted molar refractivity (Wildman–Crippen MR) is 63.0 cm³/mol. The van der Waals surface area contributed by atoms with Crippen LogP contribution in [0.25, 0.3) is 0 Å². The largest absolute Gasteiger partial charge is 0.312 e. The molecular weight excluding hydrogens is 200 g/mol. The second kappa shape index (κ2) is 4.90. The summed E-state index contributed by atoms with van der Waals surface area (Å²) in [7, 11) is 1.94. The summed E-state index contributed by atoms with van der Waals surface area (Å²) in [6.07, 6.45) is 1.81. The lowest BCUT2D eigenvalue weighted by Crippen LogP contribution is -2.17. The molecular formula is C12H16N4. The van der Waals surface area contributed by atoms with Crippen molar-refractivity contribution in [2.45, 2.75) is 19.5 Å². The summed E-state index contributed by atoms with van der Waals surface area (Å²) in [5.74, 6) is 0. The highest BCUT2D eigenvalue weighted by molar-refractivity contribution is 5.15. The third-order valence-electron chi connectivity index (χ3n) is 2.70. The molecule has 4 heteroatoms. The number of aromatic nitrogens is 3. The second-order valence-electron chi connectivity index (χ2n) is 3.81. The van der Waals surface area contributed by atoms with Crippen LogP contribution in [0.4, 0.5) is 0 Å². The Balaban J connectivity index is 2.19. The number of hydrogen-bond acceptors (Lipinski definition) is 3. The molecule has 0 aliphatic rings. The predicted octanol–water partition coefficient (Wildman–Crippen LogP) is 1.61. The summed E-state index contributed by atoms with van der Waals surface area (Å²) in [6, 6.07) is 10.5. The minimum absolute atomic E-state index is 0.263. The first-order valence-electron chi connectivity index (χ1n) is 5.41. The van der Waals surface area contributed by atoms with E-state index in [0.717, 1.165) is 12.2 Å². The van der Waals surface area contributed by atoms with Gasteiger partial charge in [0.15, 0.2) is 0 Å². The Labute approximate surface area is 95.3 Å². The molecule has 16 heavy (non-hydrogen) atoms. The highest BCUT2D eigenvalue weighted by atomic mass is 15.4. The van der Waals surface area contributed by atoms with Crippen LogP contribution in [-0.4, -0.2) is 22.0 Å². The Morgan fingerprint density at radius 1 is 1.31 bits per heavy atom. The van der Waals surface area contributed by atoms with Crippen LogP contribution < -0.4 is 5.32 Å². The summed E-state index contributed by atoms with van der Waals surface area (Å²) in [5.41, 5.74) is 2.34. The molecule has 0 saturated heterocycles. The van der Waals surface area contributed by atoms with Crippen molar-refractivity contribution in [1.82, 2.24) is 20.3 Å². The maximum absolute atomic E-state index is 4.11. The Hall–Kier alpha value is -1.68. The molecule has 1 aromatic carbocycles. The third-order valence-corrected chi connectivity index (χ3v) is 2.70. The van der Waals surface area contributed by atoms with Crippen LogP contribution in [0.1, 0.15) is 24.2 Å². The normalized spacial score (nSPS) is 12.6. The summed E-state index contributed by atoms with van der Waals surface area (Å²) < 4.78 is 1.93. The monoisotopic (exact) mass is 216 g/mol. The number of nitrogens with zero attached hydrogens (tertiary/aromatic N) is 3. The van der Waals surface area contributed by atoms with Crippen molar-refractivity contribution >= 4 is 0 Å². The summed E-state index contributed by atoms with van der Waals surface area (Å²) in [4.78, 5) is 0. The van der Waals surface area contributed by atoms with Crippen molar-refractivity contribution in [3.8, 4) is 0 Å². The molecule has 1 heterocycles. The van der Waals surface area contributed by atoms with E-state index in [9.17, 15) is 0 Å². The number of nitrogens with one attached hydrogen (secondary N) is 1. The van der Waals surface area contributed by atoms with Crippen molar-refractivity contribution in [3.63, 3.8) is 0 Å². The Kier molecular flexibility index (Phi) is 3.31. The Bertz CT molecular complexity index is 435. The van der Waals surface area contributed by atoms with E-state index in [2.05, 4.69) is 34.7 Å². The van der Waals surface area contributed by atoms with Crippen LogP contribution in [0.3, 0.4) is 0 Å². The Morgan fingerprint density at radius 3 is 2.75 bits per heavy atom. The topological polar surface area (TPSA) is 42.7 Å². The van der Waals surface area contributed by atoms with E-state index in [-0.39, 0.29) is 6.04 Å². The zero-order valence-corrected chi connectivity index (χ0v) is 9.59. The maximum atomic E-state index is 4.11. The van der Waals surface area contributed by atoms with Crippen molar-refractivity contribution < 1.29 is 0 Å². The van der Waals surface area contributed by atoms with Gasteiger partial charge in [-0.25, -0.2) is 4.68 Å². The average molecular weight is 216 g/mol. The Morgan fingerprint density at radius 2 is 2.06 bits per heavy atom. The van der Waals surface area contributed by atoms with E-state index in [1.807, 2.05) is 36.1 Å². The van der Waals surface area contributed by atoms with Gasteiger partial charge in [-0.15, -0.1) is 5.10 Å². The molecule has 1 aromatic heterocycles. The second-order valence-corrected chi connectivity index (χ2v) is 3.81. The molecule has 0 spiro atoms. The highest BCUT2D eigenvalue weighted by Gasteiger charge is 2.10. The van der Waals surface area contributed by atoms with Gasteiger partial charge < -0.3 is 5.32 Å². The van der Waals surface area contributed by atoms with Gasteiger partial charge in [-0.2, -0.15) is 0 Å². The minimum Gasteiger partial charge on any atom is -0.312 e. The van der Waals surface area contributed by atoms with Crippen molar-refractivity contribution in [1.29, 1.82) is 0 Å². The molecule has 0 saturated carbocycles. The molecule has 0 radical (unpaired) electrons. The van der Waals surface area contributed by atoms with E-state index in [1.54, 1.807) is 0 Å². The van der Waals surface area contributed by atoms with Gasteiger partial charge in [-0.1, -0.05) is 35.5 Å². The molecule has 2 aromatic rings. The first-order valence-corrected chi connectivity index (χ1v) is 5.41. The zero-order valence-electron chi connectivity index (χ0n) is 9.59. The molecule has 1 atom stereocenters. The number of benzene rings is 1. The SMILES string of the molecule is CNC(C)c1cnnn1Cc1ccccc1. The zero-order chi connectivity index (χ0) is 11.4. The van der Waals surface area contributed by atoms with Crippen LogP contribution in [0.5, 0.6) is 0 Å². The van der Waals surface area contributed by atoms with Gasteiger partial charge in [0.1, 0.15) is 0 Å². The van der Waals surface area contributed by atoms with Gasteiger partial charge in [0.2, 0.25) is 0 Å². The van der Waals surface area contributed by atoms with E-state index in [1.165, 1.54) is 5.56 Å². The smallest absolute Gasteiger partial charge is 0.0757 e. The van der Waals surface area contributed by atoms with Crippen molar-refractivity contribution in [2.24, 2.45) is 0 Å². The molecule has 1 N–H and O–H groups in total. The molecule has 2 rings (SSSR count). The molecule has 1 unspecified atom stereocenters. The molecule has 0 aliphatic heterocycles. The first kappa shape index (κ1) is 10.8. The van der Waals surface area contributed by atoms with Crippen LogP contribution in [0, 0.1) is 0 Å². The molecule has 4 nitrogen and oxygen atoms in total. The summed E-state index contributed by atoms with van der Waals surface area (Å²) in [6.45, 7) is 2.86. The molecule has 0 fully saturated rings. The van der Waals surface area contributed by atoms with Crippen molar-refractivity contribution in [3.05, 3.63) is 47.8 Å².